The molecule has 0 aromatic heterocycles. The first-order valence-electron chi connectivity index (χ1n) is 5.14. The van der Waals surface area contributed by atoms with E-state index in [-0.39, 0.29) is 23.5 Å². The summed E-state index contributed by atoms with van der Waals surface area (Å²) < 4.78 is 5.26. The number of rotatable bonds is 4. The smallest absolute Gasteiger partial charge is 0.296 e. The largest absolute Gasteiger partial charge is 0.383 e. The van der Waals surface area contributed by atoms with Crippen molar-refractivity contribution in [1.29, 1.82) is 5.41 Å². The van der Waals surface area contributed by atoms with E-state index in [2.05, 4.69) is 10.2 Å². The first-order chi connectivity index (χ1) is 8.06. The normalized spacial score (nSPS) is 24.8. The lowest BCUT2D eigenvalue weighted by Gasteiger charge is -2.22. The number of nitrogens with two attached hydrogens (primary N) is 2. The number of amides is 1. The van der Waals surface area contributed by atoms with Gasteiger partial charge in [0.05, 0.1) is 25.2 Å². The number of nitrogens with zero attached hydrogens (tertiary/aromatic N) is 1. The van der Waals surface area contributed by atoms with Gasteiger partial charge in [0, 0.05) is 6.20 Å². The van der Waals surface area contributed by atoms with Crippen molar-refractivity contribution in [2.45, 2.75) is 18.5 Å². The van der Waals surface area contributed by atoms with Gasteiger partial charge in [-0.1, -0.05) is 4.85 Å². The van der Waals surface area contributed by atoms with Crippen molar-refractivity contribution in [2.75, 3.05) is 13.2 Å². The van der Waals surface area contributed by atoms with E-state index in [0.717, 1.165) is 0 Å². The van der Waals surface area contributed by atoms with Crippen LogP contribution in [0.25, 0.3) is 4.85 Å². The second-order valence-corrected chi connectivity index (χ2v) is 3.69. The first-order valence-corrected chi connectivity index (χ1v) is 5.14. The molecule has 1 fully saturated rings. The summed E-state index contributed by atoms with van der Waals surface area (Å²) >= 11 is 0. The maximum Gasteiger partial charge on any atom is 0.296 e. The Labute approximate surface area is 99.1 Å². The van der Waals surface area contributed by atoms with Gasteiger partial charge in [0.15, 0.2) is 0 Å². The first kappa shape index (κ1) is 13.0. The predicted molar refractivity (Wildman–Crippen MR) is 63.6 cm³/mol. The van der Waals surface area contributed by atoms with Crippen LogP contribution in [0.4, 0.5) is 0 Å². The van der Waals surface area contributed by atoms with E-state index in [9.17, 15) is 4.79 Å². The number of ether oxygens (including phenoxy) is 1. The van der Waals surface area contributed by atoms with Gasteiger partial charge in [0.25, 0.3) is 18.5 Å². The minimum absolute atomic E-state index is 0.0775. The number of carbonyl (C=O) groups excluding carboxylic acids is 1. The van der Waals surface area contributed by atoms with Crippen molar-refractivity contribution in [3.05, 3.63) is 16.6 Å². The Hall–Kier alpha value is -2.07. The molecule has 17 heavy (non-hydrogen) atoms. The van der Waals surface area contributed by atoms with Crippen LogP contribution in [0, 0.1) is 12.0 Å². The fraction of sp³-hybridized carbons (Fsp3) is 0.500. The molecule has 0 aromatic rings. The lowest BCUT2D eigenvalue weighted by molar-refractivity contribution is -0.114. The maximum atomic E-state index is 11.0. The van der Waals surface area contributed by atoms with Gasteiger partial charge in [0.2, 0.25) is 0 Å². The summed E-state index contributed by atoms with van der Waals surface area (Å²) in [6, 6.07) is -0.247. The van der Waals surface area contributed by atoms with Crippen molar-refractivity contribution >= 4 is 11.7 Å². The van der Waals surface area contributed by atoms with Gasteiger partial charge in [-0.15, -0.1) is 0 Å². The highest BCUT2D eigenvalue weighted by molar-refractivity contribution is 6.18. The van der Waals surface area contributed by atoms with Crippen molar-refractivity contribution in [1.82, 2.24) is 5.32 Å². The Morgan fingerprint density at radius 3 is 2.82 bits per heavy atom. The van der Waals surface area contributed by atoms with Crippen LogP contribution in [-0.2, 0) is 9.53 Å². The standard InChI is InChI=1S/C10H15N5O2/c1-14-7-2-3-17-5-8(7)15-4-6(9(11)12)10(13)16/h1,4,7-8H,2-3,5H2,(H5-,11,12,13,15,16)/p+1/t7-,8?/m0/s1. The number of primary amides is 1. The van der Waals surface area contributed by atoms with Gasteiger partial charge in [-0.05, 0) is 0 Å². The summed E-state index contributed by atoms with van der Waals surface area (Å²) in [5.41, 5.74) is 10.2. The van der Waals surface area contributed by atoms with Gasteiger partial charge in [0.1, 0.15) is 11.9 Å². The van der Waals surface area contributed by atoms with E-state index in [0.29, 0.717) is 19.6 Å². The van der Waals surface area contributed by atoms with Crippen molar-refractivity contribution < 1.29 is 9.53 Å². The van der Waals surface area contributed by atoms with Crippen LogP contribution in [0.2, 0.25) is 0 Å². The molecule has 0 radical (unpaired) electrons. The molecule has 1 rings (SSSR count). The van der Waals surface area contributed by atoms with Crippen molar-refractivity contribution in [3.63, 3.8) is 0 Å². The van der Waals surface area contributed by atoms with E-state index in [1.807, 2.05) is 0 Å². The second kappa shape index (κ2) is 5.86. The van der Waals surface area contributed by atoms with Gasteiger partial charge in [-0.3, -0.25) is 10.2 Å². The fourth-order valence-corrected chi connectivity index (χ4v) is 1.54. The molecule has 92 valence electrons. The zero-order valence-electron chi connectivity index (χ0n) is 9.35. The van der Waals surface area contributed by atoms with Crippen molar-refractivity contribution in [2.24, 2.45) is 11.5 Å². The monoisotopic (exact) mass is 238 g/mol. The third-order valence-electron chi connectivity index (χ3n) is 2.51. The highest BCUT2D eigenvalue weighted by atomic mass is 16.5. The summed E-state index contributed by atoms with van der Waals surface area (Å²) in [5, 5.41) is 10.1. The number of nitrogens with one attached hydrogen (secondary N) is 2. The summed E-state index contributed by atoms with van der Waals surface area (Å²) in [4.78, 5) is 14.7. The Balaban J connectivity index is 2.70. The number of carbonyl (C=O) groups is 1. The topological polar surface area (TPSA) is 119 Å². The zero-order chi connectivity index (χ0) is 12.8. The van der Waals surface area contributed by atoms with E-state index in [1.54, 1.807) is 0 Å². The Morgan fingerprint density at radius 2 is 2.29 bits per heavy atom. The molecule has 1 saturated heterocycles. The maximum absolute atomic E-state index is 11.0. The summed E-state index contributed by atoms with van der Waals surface area (Å²) in [6.45, 7) is 6.29. The fourth-order valence-electron chi connectivity index (χ4n) is 1.54. The molecule has 1 unspecified atom stereocenters. The Bertz CT molecular complexity index is 369. The molecule has 1 aliphatic heterocycles. The molecule has 0 saturated carbocycles. The van der Waals surface area contributed by atoms with Gasteiger partial charge < -0.3 is 21.5 Å². The minimum Gasteiger partial charge on any atom is -0.383 e. The van der Waals surface area contributed by atoms with Crippen LogP contribution in [0.15, 0.2) is 11.8 Å². The Morgan fingerprint density at radius 1 is 1.59 bits per heavy atom. The third-order valence-corrected chi connectivity index (χ3v) is 2.51. The van der Waals surface area contributed by atoms with Gasteiger partial charge >= 0.3 is 0 Å². The van der Waals surface area contributed by atoms with Crippen molar-refractivity contribution in [3.8, 4) is 6.57 Å². The molecular formula is C10H16N5O2+. The lowest BCUT2D eigenvalue weighted by atomic mass is 10.0. The van der Waals surface area contributed by atoms with Crippen LogP contribution in [0.1, 0.15) is 6.42 Å². The molecule has 2 atom stereocenters. The third kappa shape index (κ3) is 3.46. The number of hydrogen-bond acceptors (Lipinski definition) is 4. The second-order valence-electron chi connectivity index (χ2n) is 3.69. The molecule has 0 spiro atoms. The van der Waals surface area contributed by atoms with Crippen LogP contribution in [0.5, 0.6) is 0 Å². The van der Waals surface area contributed by atoms with E-state index < -0.39 is 5.91 Å². The molecule has 7 heteroatoms. The predicted octanol–water partition coefficient (Wildman–Crippen LogP) is -0.999. The summed E-state index contributed by atoms with van der Waals surface area (Å²) in [6.07, 6.45) is 2.01. The van der Waals surface area contributed by atoms with Gasteiger partial charge in [-0.2, -0.15) is 0 Å². The van der Waals surface area contributed by atoms with Gasteiger partial charge in [-0.25, -0.2) is 0 Å². The molecule has 6 N–H and O–H groups in total. The highest BCUT2D eigenvalue weighted by Gasteiger charge is 2.32. The van der Waals surface area contributed by atoms with E-state index >= 15 is 0 Å². The summed E-state index contributed by atoms with van der Waals surface area (Å²) in [5.74, 6) is -1.15. The summed E-state index contributed by atoms with van der Waals surface area (Å²) in [7, 11) is 0. The number of hydrogen-bond donors (Lipinski definition) is 4. The van der Waals surface area contributed by atoms with Crippen LogP contribution in [0.3, 0.4) is 0 Å². The van der Waals surface area contributed by atoms with E-state index in [4.69, 9.17) is 28.2 Å². The molecule has 1 heterocycles. The molecule has 1 amide bonds. The average molecular weight is 238 g/mol. The van der Waals surface area contributed by atoms with Crippen LogP contribution < -0.4 is 16.8 Å². The molecule has 1 aliphatic rings. The molecular weight excluding hydrogens is 222 g/mol. The SMILES string of the molecule is C#[N+][C@H]1CCOCC1N/C=C(\C(=N)N)C(N)=O. The molecule has 0 aromatic carbocycles. The van der Waals surface area contributed by atoms with Crippen LogP contribution in [-0.4, -0.2) is 37.0 Å². The lowest BCUT2D eigenvalue weighted by Crippen LogP contribution is -2.44. The molecule has 7 nitrogen and oxygen atoms in total. The highest BCUT2D eigenvalue weighted by Crippen LogP contribution is 2.11. The minimum atomic E-state index is -0.761. The quantitative estimate of drug-likeness (QED) is 0.285. The van der Waals surface area contributed by atoms with Crippen LogP contribution >= 0.6 is 0 Å². The molecule has 0 aliphatic carbocycles. The number of amidine groups is 1. The van der Waals surface area contributed by atoms with E-state index in [1.165, 1.54) is 6.20 Å². The average Bonchev–Trinajstić information content (AvgIpc) is 2.29. The molecule has 0 bridgehead atoms. The zero-order valence-corrected chi connectivity index (χ0v) is 9.35. The Kier molecular flexibility index (Phi) is 4.48.